The van der Waals surface area contributed by atoms with E-state index in [0.717, 1.165) is 49.1 Å². The van der Waals surface area contributed by atoms with Crippen LogP contribution in [0.2, 0.25) is 0 Å². The molecule has 1 atom stereocenters. The van der Waals surface area contributed by atoms with E-state index in [4.69, 9.17) is 4.74 Å². The lowest BCUT2D eigenvalue weighted by Gasteiger charge is -2.34. The molecule has 1 aliphatic heterocycles. The molecule has 0 spiro atoms. The Balaban J connectivity index is 1.20. The average molecular weight is 494 g/mol. The van der Waals surface area contributed by atoms with E-state index in [0.29, 0.717) is 23.6 Å². The monoisotopic (exact) mass is 493 g/mol. The molecule has 0 bridgehead atoms. The maximum Gasteiger partial charge on any atom is 0.337 e. The first kappa shape index (κ1) is 24.7. The van der Waals surface area contributed by atoms with Crippen LogP contribution in [-0.4, -0.2) is 47.9 Å². The van der Waals surface area contributed by atoms with Gasteiger partial charge in [-0.25, -0.2) is 4.79 Å². The number of ether oxygens (including phenoxy) is 1. The van der Waals surface area contributed by atoms with Crippen molar-refractivity contribution in [3.05, 3.63) is 107 Å². The number of ketones is 1. The van der Waals surface area contributed by atoms with Gasteiger partial charge in [0.1, 0.15) is 0 Å². The molecule has 1 aliphatic rings. The first-order chi connectivity index (χ1) is 18.1. The molecule has 0 saturated carbocycles. The number of carbonyl (C=O) groups excluding carboxylic acids is 2. The number of hydrogen-bond acceptors (Lipinski definition) is 6. The average Bonchev–Trinajstić information content (AvgIpc) is 2.93. The molecule has 3 aromatic carbocycles. The molecular formula is C31H31N3O3. The molecule has 0 radical (unpaired) electrons. The number of benzene rings is 3. The van der Waals surface area contributed by atoms with E-state index in [9.17, 15) is 9.59 Å². The molecule has 1 unspecified atom stereocenters. The second-order valence-corrected chi connectivity index (χ2v) is 9.61. The second kappa shape index (κ2) is 11.4. The van der Waals surface area contributed by atoms with Gasteiger partial charge in [-0.05, 0) is 54.8 Å². The van der Waals surface area contributed by atoms with Gasteiger partial charge in [0.15, 0.2) is 5.78 Å². The fraction of sp³-hybridized carbons (Fsp3) is 0.258. The molecule has 4 aromatic rings. The van der Waals surface area contributed by atoms with Crippen molar-refractivity contribution in [3.63, 3.8) is 0 Å². The number of likely N-dealkylation sites (tertiary alicyclic amines) is 1. The number of esters is 1. The van der Waals surface area contributed by atoms with Gasteiger partial charge in [-0.1, -0.05) is 48.5 Å². The highest BCUT2D eigenvalue weighted by Crippen LogP contribution is 2.25. The first-order valence-electron chi connectivity index (χ1n) is 12.7. The Morgan fingerprint density at radius 1 is 1.00 bits per heavy atom. The van der Waals surface area contributed by atoms with E-state index in [1.54, 1.807) is 24.3 Å². The zero-order valence-electron chi connectivity index (χ0n) is 21.0. The molecule has 6 heteroatoms. The number of Topliss-reactive ketones (excluding diaryl/α,β-unsaturated/α-hetero) is 1. The Bertz CT molecular complexity index is 1400. The van der Waals surface area contributed by atoms with Crippen LogP contribution in [0.3, 0.4) is 0 Å². The fourth-order valence-corrected chi connectivity index (χ4v) is 5.08. The maximum absolute atomic E-state index is 12.8. The normalized spacial score (nSPS) is 15.9. The van der Waals surface area contributed by atoms with Gasteiger partial charge in [0.2, 0.25) is 0 Å². The summed E-state index contributed by atoms with van der Waals surface area (Å²) in [5, 5.41) is 6.11. The van der Waals surface area contributed by atoms with Crippen molar-refractivity contribution in [3.8, 4) is 0 Å². The predicted octanol–water partition coefficient (Wildman–Crippen LogP) is 5.52. The van der Waals surface area contributed by atoms with Crippen molar-refractivity contribution in [1.82, 2.24) is 9.88 Å². The number of carbonyl (C=O) groups is 2. The smallest absolute Gasteiger partial charge is 0.337 e. The van der Waals surface area contributed by atoms with Crippen LogP contribution in [-0.2, 0) is 17.7 Å². The minimum atomic E-state index is -0.406. The van der Waals surface area contributed by atoms with Gasteiger partial charge in [0.25, 0.3) is 0 Å². The molecule has 37 heavy (non-hydrogen) atoms. The zero-order valence-corrected chi connectivity index (χ0v) is 21.0. The van der Waals surface area contributed by atoms with Crippen LogP contribution in [0.1, 0.15) is 44.7 Å². The number of nitrogens with zero attached hydrogens (tertiary/aromatic N) is 2. The Morgan fingerprint density at radius 2 is 1.78 bits per heavy atom. The standard InChI is InChI=1S/C31H31N3O3/c1-37-31(36)25-12-10-24(11-13-25)30(35)18-22-5-2-6-23(17-22)20-34-16-4-8-27(21-34)33-29-9-3-7-26-19-32-15-14-28(26)29/h2-3,5-7,9-15,17,19,27,33H,4,8,16,18,20-21H2,1H3. The molecule has 1 aromatic heterocycles. The summed E-state index contributed by atoms with van der Waals surface area (Å²) in [6, 6.07) is 23.7. The van der Waals surface area contributed by atoms with Crippen LogP contribution in [0.15, 0.2) is 85.2 Å². The largest absolute Gasteiger partial charge is 0.465 e. The number of fused-ring (bicyclic) bond motifs is 1. The summed E-state index contributed by atoms with van der Waals surface area (Å²) in [4.78, 5) is 31.2. The zero-order chi connectivity index (χ0) is 25.6. The number of piperidine rings is 1. The van der Waals surface area contributed by atoms with E-state index in [1.807, 2.05) is 24.5 Å². The van der Waals surface area contributed by atoms with Gasteiger partial charge in [-0.3, -0.25) is 14.7 Å². The van der Waals surface area contributed by atoms with Crippen LogP contribution in [0.25, 0.3) is 10.8 Å². The predicted molar refractivity (Wildman–Crippen MR) is 146 cm³/mol. The molecule has 0 amide bonds. The van der Waals surface area contributed by atoms with Crippen LogP contribution < -0.4 is 5.32 Å². The summed E-state index contributed by atoms with van der Waals surface area (Å²) in [5.74, 6) is -0.377. The highest BCUT2D eigenvalue weighted by Gasteiger charge is 2.20. The number of aromatic nitrogens is 1. The highest BCUT2D eigenvalue weighted by atomic mass is 16.5. The molecule has 6 nitrogen and oxygen atoms in total. The van der Waals surface area contributed by atoms with Crippen LogP contribution in [0.4, 0.5) is 5.69 Å². The molecule has 1 saturated heterocycles. The van der Waals surface area contributed by atoms with Crippen molar-refractivity contribution >= 4 is 28.2 Å². The van der Waals surface area contributed by atoms with Crippen LogP contribution in [0, 0.1) is 0 Å². The van der Waals surface area contributed by atoms with Gasteiger partial charge in [0, 0.05) is 60.0 Å². The fourth-order valence-electron chi connectivity index (χ4n) is 5.08. The minimum Gasteiger partial charge on any atom is -0.465 e. The van der Waals surface area contributed by atoms with Gasteiger partial charge < -0.3 is 10.1 Å². The minimum absolute atomic E-state index is 0.0288. The molecule has 0 aliphatic carbocycles. The molecule has 1 fully saturated rings. The summed E-state index contributed by atoms with van der Waals surface area (Å²) in [7, 11) is 1.35. The SMILES string of the molecule is COC(=O)c1ccc(C(=O)Cc2cccc(CN3CCCC(Nc4cccc5cnccc45)C3)c2)cc1. The van der Waals surface area contributed by atoms with Gasteiger partial charge in [-0.2, -0.15) is 0 Å². The molecule has 5 rings (SSSR count). The van der Waals surface area contributed by atoms with E-state index in [2.05, 4.69) is 51.6 Å². The highest BCUT2D eigenvalue weighted by molar-refractivity contribution is 5.98. The Labute approximate surface area is 217 Å². The molecule has 2 heterocycles. The molecular weight excluding hydrogens is 462 g/mol. The summed E-state index contributed by atoms with van der Waals surface area (Å²) >= 11 is 0. The topological polar surface area (TPSA) is 71.5 Å². The number of hydrogen-bond donors (Lipinski definition) is 1. The van der Waals surface area contributed by atoms with Crippen LogP contribution in [0.5, 0.6) is 0 Å². The van der Waals surface area contributed by atoms with Crippen molar-refractivity contribution in [2.24, 2.45) is 0 Å². The lowest BCUT2D eigenvalue weighted by atomic mass is 9.99. The third-order valence-electron chi connectivity index (χ3n) is 6.94. The molecule has 188 valence electrons. The van der Waals surface area contributed by atoms with Gasteiger partial charge in [-0.15, -0.1) is 0 Å². The number of pyridine rings is 1. The van der Waals surface area contributed by atoms with Crippen molar-refractivity contribution in [1.29, 1.82) is 0 Å². The van der Waals surface area contributed by atoms with Gasteiger partial charge >= 0.3 is 5.97 Å². The summed E-state index contributed by atoms with van der Waals surface area (Å²) in [6.07, 6.45) is 6.36. The van der Waals surface area contributed by atoms with E-state index in [1.165, 1.54) is 18.1 Å². The van der Waals surface area contributed by atoms with E-state index >= 15 is 0 Å². The maximum atomic E-state index is 12.8. The van der Waals surface area contributed by atoms with Crippen molar-refractivity contribution < 1.29 is 14.3 Å². The van der Waals surface area contributed by atoms with E-state index < -0.39 is 5.97 Å². The number of methoxy groups -OCH3 is 1. The summed E-state index contributed by atoms with van der Waals surface area (Å²) in [5.41, 5.74) is 4.39. The van der Waals surface area contributed by atoms with E-state index in [-0.39, 0.29) is 5.78 Å². The Hall–Kier alpha value is -4.03. The Kier molecular flexibility index (Phi) is 7.57. The second-order valence-electron chi connectivity index (χ2n) is 9.61. The lowest BCUT2D eigenvalue weighted by molar-refractivity contribution is 0.0600. The molecule has 1 N–H and O–H groups in total. The first-order valence-corrected chi connectivity index (χ1v) is 12.7. The van der Waals surface area contributed by atoms with Crippen LogP contribution >= 0.6 is 0 Å². The number of rotatable bonds is 8. The number of nitrogens with one attached hydrogen (secondary N) is 1. The third-order valence-corrected chi connectivity index (χ3v) is 6.94. The van der Waals surface area contributed by atoms with Crippen molar-refractivity contribution in [2.45, 2.75) is 31.8 Å². The van der Waals surface area contributed by atoms with Crippen molar-refractivity contribution in [2.75, 3.05) is 25.5 Å². The number of anilines is 1. The Morgan fingerprint density at radius 3 is 2.62 bits per heavy atom. The summed E-state index contributed by atoms with van der Waals surface area (Å²) in [6.45, 7) is 2.89. The van der Waals surface area contributed by atoms with Gasteiger partial charge in [0.05, 0.1) is 12.7 Å². The quantitative estimate of drug-likeness (QED) is 0.257. The third kappa shape index (κ3) is 6.04. The summed E-state index contributed by atoms with van der Waals surface area (Å²) < 4.78 is 4.73. The lowest BCUT2D eigenvalue weighted by Crippen LogP contribution is -2.41.